The molecule has 0 saturated carbocycles. The lowest BCUT2D eigenvalue weighted by molar-refractivity contribution is 0.102. The van der Waals surface area contributed by atoms with E-state index in [1.807, 2.05) is 62.4 Å². The largest absolute Gasteiger partial charge is 0.457 e. The molecule has 3 rings (SSSR count). The number of aromatic nitrogens is 2. The molecule has 1 N–H and O–H groups in total. The van der Waals surface area contributed by atoms with Gasteiger partial charge in [0.25, 0.3) is 5.91 Å². The summed E-state index contributed by atoms with van der Waals surface area (Å²) in [5.41, 5.74) is 2.39. The number of carbonyl (C=O) groups excluding carboxylic acids is 1. The third-order valence-corrected chi connectivity index (χ3v) is 3.56. The topological polar surface area (TPSA) is 56.2 Å². The van der Waals surface area contributed by atoms with E-state index in [9.17, 15) is 4.79 Å². The molecule has 5 nitrogen and oxygen atoms in total. The normalized spacial score (nSPS) is 10.4. The van der Waals surface area contributed by atoms with Gasteiger partial charge in [0.05, 0.1) is 11.8 Å². The fourth-order valence-corrected chi connectivity index (χ4v) is 2.28. The first-order valence-electron chi connectivity index (χ1n) is 7.82. The van der Waals surface area contributed by atoms with Gasteiger partial charge in [-0.25, -0.2) is 0 Å². The number of carbonyl (C=O) groups is 1. The molecule has 2 aromatic carbocycles. The molecule has 1 heterocycles. The van der Waals surface area contributed by atoms with E-state index < -0.39 is 0 Å². The third-order valence-electron chi connectivity index (χ3n) is 3.56. The van der Waals surface area contributed by atoms with Crippen molar-refractivity contribution in [1.29, 1.82) is 0 Å². The van der Waals surface area contributed by atoms with Crippen LogP contribution in [0.3, 0.4) is 0 Å². The van der Waals surface area contributed by atoms with E-state index in [0.29, 0.717) is 11.3 Å². The van der Waals surface area contributed by atoms with Crippen molar-refractivity contribution < 1.29 is 9.53 Å². The van der Waals surface area contributed by atoms with Gasteiger partial charge in [0, 0.05) is 18.4 Å². The summed E-state index contributed by atoms with van der Waals surface area (Å²) in [6.07, 6.45) is 3.29. The second-order valence-corrected chi connectivity index (χ2v) is 5.48. The van der Waals surface area contributed by atoms with E-state index in [1.165, 1.54) is 0 Å². The summed E-state index contributed by atoms with van der Waals surface area (Å²) < 4.78 is 7.51. The number of hydrogen-bond donors (Lipinski definition) is 1. The minimum absolute atomic E-state index is 0.179. The van der Waals surface area contributed by atoms with Crippen LogP contribution in [-0.4, -0.2) is 15.7 Å². The Morgan fingerprint density at radius 1 is 1.17 bits per heavy atom. The van der Waals surface area contributed by atoms with Gasteiger partial charge in [0.2, 0.25) is 0 Å². The van der Waals surface area contributed by atoms with Crippen molar-refractivity contribution in [1.82, 2.24) is 9.78 Å². The summed E-state index contributed by atoms with van der Waals surface area (Å²) >= 11 is 0. The van der Waals surface area contributed by atoms with Gasteiger partial charge in [-0.2, -0.15) is 5.10 Å². The molecular formula is C19H19N3O2. The zero-order chi connectivity index (χ0) is 16.9. The van der Waals surface area contributed by atoms with Crippen molar-refractivity contribution in [3.05, 3.63) is 72.1 Å². The number of aryl methyl sites for hydroxylation is 2. The summed E-state index contributed by atoms with van der Waals surface area (Å²) in [7, 11) is 0. The first-order chi connectivity index (χ1) is 11.6. The molecular weight excluding hydrogens is 302 g/mol. The van der Waals surface area contributed by atoms with E-state index in [4.69, 9.17) is 4.74 Å². The first-order valence-corrected chi connectivity index (χ1v) is 7.82. The lowest BCUT2D eigenvalue weighted by atomic mass is 10.2. The average Bonchev–Trinajstić information content (AvgIpc) is 3.06. The van der Waals surface area contributed by atoms with E-state index in [0.717, 1.165) is 23.6 Å². The van der Waals surface area contributed by atoms with E-state index in [-0.39, 0.29) is 5.91 Å². The molecule has 1 aromatic heterocycles. The van der Waals surface area contributed by atoms with Crippen LogP contribution >= 0.6 is 0 Å². The number of hydrogen-bond acceptors (Lipinski definition) is 3. The summed E-state index contributed by atoms with van der Waals surface area (Å²) in [5.74, 6) is 1.33. The van der Waals surface area contributed by atoms with Crippen LogP contribution in [0, 0.1) is 6.92 Å². The van der Waals surface area contributed by atoms with Gasteiger partial charge < -0.3 is 10.1 Å². The maximum absolute atomic E-state index is 12.2. The van der Waals surface area contributed by atoms with Gasteiger partial charge in [0.15, 0.2) is 0 Å². The van der Waals surface area contributed by atoms with Gasteiger partial charge in [-0.05, 0) is 55.8 Å². The fourth-order valence-electron chi connectivity index (χ4n) is 2.28. The molecule has 0 aliphatic heterocycles. The highest BCUT2D eigenvalue weighted by Crippen LogP contribution is 2.23. The predicted molar refractivity (Wildman–Crippen MR) is 93.5 cm³/mol. The molecule has 0 aliphatic carbocycles. The molecule has 0 saturated heterocycles. The van der Waals surface area contributed by atoms with E-state index in [2.05, 4.69) is 10.4 Å². The van der Waals surface area contributed by atoms with Crippen LogP contribution in [0.25, 0.3) is 0 Å². The number of benzene rings is 2. The lowest BCUT2D eigenvalue weighted by Gasteiger charge is -2.08. The number of nitrogens with one attached hydrogen (secondary N) is 1. The summed E-state index contributed by atoms with van der Waals surface area (Å²) in [6, 6.07) is 15.1. The number of amides is 1. The van der Waals surface area contributed by atoms with Crippen LogP contribution < -0.4 is 10.1 Å². The van der Waals surface area contributed by atoms with Crippen LogP contribution in [0.2, 0.25) is 0 Å². The Labute approximate surface area is 140 Å². The highest BCUT2D eigenvalue weighted by atomic mass is 16.5. The molecule has 0 atom stereocenters. The average molecular weight is 321 g/mol. The van der Waals surface area contributed by atoms with Gasteiger partial charge in [-0.15, -0.1) is 0 Å². The van der Waals surface area contributed by atoms with Crippen LogP contribution in [0.5, 0.6) is 11.5 Å². The van der Waals surface area contributed by atoms with Crippen molar-refractivity contribution in [2.45, 2.75) is 20.4 Å². The van der Waals surface area contributed by atoms with Gasteiger partial charge in [0.1, 0.15) is 11.5 Å². The highest BCUT2D eigenvalue weighted by Gasteiger charge is 2.08. The Balaban J connectivity index is 1.65. The lowest BCUT2D eigenvalue weighted by Crippen LogP contribution is -2.11. The van der Waals surface area contributed by atoms with Crippen LogP contribution in [0.1, 0.15) is 22.8 Å². The number of anilines is 1. The maximum atomic E-state index is 12.2. The van der Waals surface area contributed by atoms with Gasteiger partial charge >= 0.3 is 0 Å². The fraction of sp³-hybridized carbons (Fsp3) is 0.158. The Hall–Kier alpha value is -3.08. The molecule has 122 valence electrons. The smallest absolute Gasteiger partial charge is 0.258 e. The second-order valence-electron chi connectivity index (χ2n) is 5.48. The zero-order valence-corrected chi connectivity index (χ0v) is 13.7. The van der Waals surface area contributed by atoms with Gasteiger partial charge in [-0.3, -0.25) is 9.48 Å². The number of rotatable bonds is 5. The second kappa shape index (κ2) is 7.00. The molecule has 1 amide bonds. The number of nitrogens with zero attached hydrogens (tertiary/aromatic N) is 2. The van der Waals surface area contributed by atoms with Crippen molar-refractivity contribution in [2.24, 2.45) is 0 Å². The van der Waals surface area contributed by atoms with Crippen LogP contribution in [-0.2, 0) is 6.54 Å². The molecule has 0 bridgehead atoms. The van der Waals surface area contributed by atoms with Crippen LogP contribution in [0.4, 0.5) is 5.69 Å². The monoisotopic (exact) mass is 321 g/mol. The molecule has 0 radical (unpaired) electrons. The molecule has 0 fully saturated rings. The Kier molecular flexibility index (Phi) is 4.61. The quantitative estimate of drug-likeness (QED) is 0.764. The van der Waals surface area contributed by atoms with Crippen LogP contribution in [0.15, 0.2) is 60.9 Å². The molecule has 5 heteroatoms. The Morgan fingerprint density at radius 2 is 1.96 bits per heavy atom. The molecule has 24 heavy (non-hydrogen) atoms. The summed E-state index contributed by atoms with van der Waals surface area (Å²) in [5, 5.41) is 6.95. The number of ether oxygens (including phenoxy) is 1. The molecule has 0 aliphatic rings. The van der Waals surface area contributed by atoms with E-state index >= 15 is 0 Å². The predicted octanol–water partition coefficient (Wildman–Crippen LogP) is 4.26. The minimum atomic E-state index is -0.179. The Morgan fingerprint density at radius 3 is 2.62 bits per heavy atom. The molecule has 3 aromatic rings. The van der Waals surface area contributed by atoms with Crippen molar-refractivity contribution in [3.63, 3.8) is 0 Å². The van der Waals surface area contributed by atoms with Crippen molar-refractivity contribution in [2.75, 3.05) is 5.32 Å². The summed E-state index contributed by atoms with van der Waals surface area (Å²) in [6.45, 7) is 4.73. The minimum Gasteiger partial charge on any atom is -0.457 e. The summed E-state index contributed by atoms with van der Waals surface area (Å²) in [4.78, 5) is 12.2. The van der Waals surface area contributed by atoms with Crippen molar-refractivity contribution >= 4 is 11.6 Å². The van der Waals surface area contributed by atoms with Gasteiger partial charge in [-0.1, -0.05) is 12.1 Å². The third kappa shape index (κ3) is 3.81. The zero-order valence-electron chi connectivity index (χ0n) is 13.7. The molecule has 0 unspecified atom stereocenters. The Bertz CT molecular complexity index is 838. The SMILES string of the molecule is CCn1cc(C(=O)Nc2ccc(Oc3cccc(C)c3)cc2)cn1. The maximum Gasteiger partial charge on any atom is 0.258 e. The molecule has 0 spiro atoms. The van der Waals surface area contributed by atoms with Crippen molar-refractivity contribution in [3.8, 4) is 11.5 Å². The first kappa shape index (κ1) is 15.8. The standard InChI is InChI=1S/C19H19N3O2/c1-3-22-13-15(12-20-22)19(23)21-16-7-9-17(10-8-16)24-18-6-4-5-14(2)11-18/h4-13H,3H2,1-2H3,(H,21,23). The van der Waals surface area contributed by atoms with E-state index in [1.54, 1.807) is 17.1 Å². The highest BCUT2D eigenvalue weighted by molar-refractivity contribution is 6.03.